The zero-order valence-electron chi connectivity index (χ0n) is 18.5. The molecule has 3 fully saturated rings. The van der Waals surface area contributed by atoms with Crippen molar-refractivity contribution < 1.29 is 19.1 Å². The molecule has 4 amide bonds. The minimum absolute atomic E-state index is 0.0102. The van der Waals surface area contributed by atoms with Gasteiger partial charge in [-0.25, -0.2) is 9.59 Å². The van der Waals surface area contributed by atoms with Gasteiger partial charge in [-0.15, -0.1) is 0 Å². The lowest BCUT2D eigenvalue weighted by Crippen LogP contribution is -2.49. The molecule has 0 N–H and O–H groups in total. The first-order valence-electron chi connectivity index (χ1n) is 10.8. The van der Waals surface area contributed by atoms with Gasteiger partial charge in [-0.3, -0.25) is 4.79 Å². The lowest BCUT2D eigenvalue weighted by atomic mass is 9.94. The van der Waals surface area contributed by atoms with Crippen LogP contribution in [0.1, 0.15) is 52.9 Å². The van der Waals surface area contributed by atoms with Gasteiger partial charge in [-0.05, 0) is 52.9 Å². The van der Waals surface area contributed by atoms with Crippen molar-refractivity contribution in [2.24, 2.45) is 5.92 Å². The zero-order valence-corrected chi connectivity index (χ0v) is 18.5. The number of likely N-dealkylation sites (tertiary alicyclic amines) is 2. The third-order valence-electron chi connectivity index (χ3n) is 6.20. The van der Waals surface area contributed by atoms with E-state index in [2.05, 4.69) is 0 Å². The van der Waals surface area contributed by atoms with Crippen molar-refractivity contribution in [1.29, 1.82) is 0 Å². The van der Waals surface area contributed by atoms with Crippen LogP contribution in [-0.2, 0) is 9.53 Å². The highest BCUT2D eigenvalue weighted by molar-refractivity contribution is 5.80. The van der Waals surface area contributed by atoms with Crippen molar-refractivity contribution in [2.75, 3.05) is 40.3 Å². The molecule has 164 valence electrons. The molecule has 2 atom stereocenters. The molecule has 3 heterocycles. The summed E-state index contributed by atoms with van der Waals surface area (Å²) in [6, 6.07) is 0.208. The third-order valence-corrected chi connectivity index (χ3v) is 6.20. The van der Waals surface area contributed by atoms with Crippen LogP contribution in [0.5, 0.6) is 0 Å². The Morgan fingerprint density at radius 1 is 0.862 bits per heavy atom. The van der Waals surface area contributed by atoms with Gasteiger partial charge in [0, 0.05) is 52.2 Å². The standard InChI is InChI=1S/C21H36N4O4/c1-21(2,3)29-20(28)25-16-6-7-17(25)14-24(13-10-16)18(26)15-8-11-23(12-9-15)19(27)22(4)5/h15-17H,6-14H2,1-5H3/t16-,17+/m1/s1. The predicted molar refractivity (Wildman–Crippen MR) is 109 cm³/mol. The minimum Gasteiger partial charge on any atom is -0.444 e. The summed E-state index contributed by atoms with van der Waals surface area (Å²) in [5.74, 6) is 0.145. The van der Waals surface area contributed by atoms with E-state index in [0.717, 1.165) is 19.3 Å². The van der Waals surface area contributed by atoms with Gasteiger partial charge in [0.2, 0.25) is 5.91 Å². The van der Waals surface area contributed by atoms with Crippen molar-refractivity contribution in [1.82, 2.24) is 19.6 Å². The van der Waals surface area contributed by atoms with Gasteiger partial charge >= 0.3 is 12.1 Å². The number of carbonyl (C=O) groups is 3. The molecule has 8 heteroatoms. The van der Waals surface area contributed by atoms with E-state index in [1.165, 1.54) is 0 Å². The van der Waals surface area contributed by atoms with Gasteiger partial charge in [0.1, 0.15) is 5.60 Å². The molecule has 2 bridgehead atoms. The van der Waals surface area contributed by atoms with Crippen LogP contribution < -0.4 is 0 Å². The Balaban J connectivity index is 1.59. The molecule has 3 saturated heterocycles. The van der Waals surface area contributed by atoms with Crippen molar-refractivity contribution in [2.45, 2.75) is 70.6 Å². The maximum atomic E-state index is 13.2. The molecule has 3 rings (SSSR count). The number of hydrogen-bond donors (Lipinski definition) is 0. The first-order chi connectivity index (χ1) is 13.6. The molecular weight excluding hydrogens is 372 g/mol. The number of piperidine rings is 1. The summed E-state index contributed by atoms with van der Waals surface area (Å²) in [6.45, 7) is 8.17. The Morgan fingerprint density at radius 3 is 2.03 bits per heavy atom. The van der Waals surface area contributed by atoms with E-state index in [4.69, 9.17) is 4.74 Å². The van der Waals surface area contributed by atoms with Crippen molar-refractivity contribution in [3.8, 4) is 0 Å². The highest BCUT2D eigenvalue weighted by Gasteiger charge is 2.43. The maximum absolute atomic E-state index is 13.2. The molecule has 0 aromatic carbocycles. The van der Waals surface area contributed by atoms with E-state index in [-0.39, 0.29) is 36.0 Å². The van der Waals surface area contributed by atoms with Crippen molar-refractivity contribution in [3.63, 3.8) is 0 Å². The Labute approximate surface area is 174 Å². The molecule has 0 unspecified atom stereocenters. The first-order valence-corrected chi connectivity index (χ1v) is 10.8. The molecule has 8 nitrogen and oxygen atoms in total. The summed E-state index contributed by atoms with van der Waals surface area (Å²) < 4.78 is 5.62. The molecule has 0 spiro atoms. The van der Waals surface area contributed by atoms with Gasteiger partial charge in [-0.1, -0.05) is 0 Å². The third kappa shape index (κ3) is 4.95. The normalized spacial score (nSPS) is 25.6. The summed E-state index contributed by atoms with van der Waals surface area (Å²) in [5, 5.41) is 0. The Morgan fingerprint density at radius 2 is 1.45 bits per heavy atom. The van der Waals surface area contributed by atoms with Crippen LogP contribution in [0, 0.1) is 5.92 Å². The smallest absolute Gasteiger partial charge is 0.410 e. The second-order valence-corrected chi connectivity index (χ2v) is 9.78. The molecule has 3 aliphatic heterocycles. The van der Waals surface area contributed by atoms with Crippen LogP contribution in [0.2, 0.25) is 0 Å². The molecule has 29 heavy (non-hydrogen) atoms. The Kier molecular flexibility index (Phi) is 6.29. The number of carbonyl (C=O) groups excluding carboxylic acids is 3. The molecule has 0 aliphatic carbocycles. The van der Waals surface area contributed by atoms with E-state index < -0.39 is 5.60 Å². The zero-order chi connectivity index (χ0) is 21.3. The summed E-state index contributed by atoms with van der Waals surface area (Å²) in [6.07, 6.45) is 3.87. The number of urea groups is 1. The molecular formula is C21H36N4O4. The van der Waals surface area contributed by atoms with Crippen LogP contribution in [0.3, 0.4) is 0 Å². The number of ether oxygens (including phenoxy) is 1. The lowest BCUT2D eigenvalue weighted by Gasteiger charge is -2.36. The highest BCUT2D eigenvalue weighted by atomic mass is 16.6. The van der Waals surface area contributed by atoms with E-state index in [1.54, 1.807) is 19.0 Å². The molecule has 0 aromatic rings. The average Bonchev–Trinajstić information content (AvgIpc) is 2.93. The van der Waals surface area contributed by atoms with Crippen LogP contribution in [0.25, 0.3) is 0 Å². The van der Waals surface area contributed by atoms with Crippen LogP contribution in [-0.4, -0.2) is 95.6 Å². The second-order valence-electron chi connectivity index (χ2n) is 9.78. The minimum atomic E-state index is -0.518. The molecule has 0 aromatic heterocycles. The van der Waals surface area contributed by atoms with Gasteiger partial charge in [0.05, 0.1) is 6.04 Å². The fraction of sp³-hybridized carbons (Fsp3) is 0.857. The first kappa shape index (κ1) is 21.7. The quantitative estimate of drug-likeness (QED) is 0.668. The number of rotatable bonds is 1. The monoisotopic (exact) mass is 408 g/mol. The van der Waals surface area contributed by atoms with Crippen LogP contribution >= 0.6 is 0 Å². The van der Waals surface area contributed by atoms with Gasteiger partial charge in [-0.2, -0.15) is 0 Å². The predicted octanol–water partition coefficient (Wildman–Crippen LogP) is 2.38. The number of fused-ring (bicyclic) bond motifs is 2. The summed E-state index contributed by atoms with van der Waals surface area (Å²) >= 11 is 0. The lowest BCUT2D eigenvalue weighted by molar-refractivity contribution is -0.137. The van der Waals surface area contributed by atoms with Crippen LogP contribution in [0.4, 0.5) is 9.59 Å². The Hall–Kier alpha value is -1.99. The van der Waals surface area contributed by atoms with Gasteiger partial charge in [0.25, 0.3) is 0 Å². The fourth-order valence-corrected chi connectivity index (χ4v) is 4.75. The maximum Gasteiger partial charge on any atom is 0.410 e. The second kappa shape index (κ2) is 8.40. The van der Waals surface area contributed by atoms with Gasteiger partial charge in [0.15, 0.2) is 0 Å². The van der Waals surface area contributed by atoms with E-state index in [0.29, 0.717) is 39.0 Å². The van der Waals surface area contributed by atoms with Crippen molar-refractivity contribution >= 4 is 18.0 Å². The van der Waals surface area contributed by atoms with E-state index >= 15 is 0 Å². The van der Waals surface area contributed by atoms with Crippen LogP contribution in [0.15, 0.2) is 0 Å². The topological polar surface area (TPSA) is 73.4 Å². The highest BCUT2D eigenvalue weighted by Crippen LogP contribution is 2.33. The average molecular weight is 409 g/mol. The summed E-state index contributed by atoms with van der Waals surface area (Å²) in [4.78, 5) is 45.2. The molecule has 3 aliphatic rings. The number of amides is 4. The SMILES string of the molecule is CN(C)C(=O)N1CCC(C(=O)N2CC[C@H]3CC[C@@H](C2)N3C(=O)OC(C)(C)C)CC1. The largest absolute Gasteiger partial charge is 0.444 e. The van der Waals surface area contributed by atoms with Gasteiger partial charge < -0.3 is 24.3 Å². The molecule has 0 radical (unpaired) electrons. The molecule has 0 saturated carbocycles. The number of hydrogen-bond acceptors (Lipinski definition) is 4. The van der Waals surface area contributed by atoms with E-state index in [1.807, 2.05) is 35.5 Å². The summed E-state index contributed by atoms with van der Waals surface area (Å²) in [5.41, 5.74) is -0.518. The van der Waals surface area contributed by atoms with Crippen molar-refractivity contribution in [3.05, 3.63) is 0 Å². The summed E-state index contributed by atoms with van der Waals surface area (Å²) in [7, 11) is 3.50. The fourth-order valence-electron chi connectivity index (χ4n) is 4.75. The Bertz CT molecular complexity index is 637. The number of nitrogens with zero attached hydrogens (tertiary/aromatic N) is 4. The van der Waals surface area contributed by atoms with E-state index in [9.17, 15) is 14.4 Å².